The first-order valence-electron chi connectivity index (χ1n) is 3.65. The molecule has 0 spiro atoms. The van der Waals surface area contributed by atoms with E-state index in [1.807, 2.05) is 6.20 Å². The van der Waals surface area contributed by atoms with Crippen molar-refractivity contribution in [2.24, 2.45) is 0 Å². The van der Waals surface area contributed by atoms with Gasteiger partial charge in [-0.25, -0.2) is 0 Å². The maximum absolute atomic E-state index is 10.4. The van der Waals surface area contributed by atoms with Gasteiger partial charge in [-0.05, 0) is 0 Å². The molecule has 2 unspecified atom stereocenters. The first-order chi connectivity index (χ1) is 5.40. The number of nitrogens with zero attached hydrogens (tertiary/aromatic N) is 1. The van der Waals surface area contributed by atoms with Gasteiger partial charge in [0.15, 0.2) is 0 Å². The van der Waals surface area contributed by atoms with Gasteiger partial charge in [0.25, 0.3) is 0 Å². The van der Waals surface area contributed by atoms with Crippen LogP contribution in [-0.2, 0) is 9.53 Å². The molecule has 1 N–H and O–H groups in total. The van der Waals surface area contributed by atoms with Crippen molar-refractivity contribution in [1.29, 1.82) is 0 Å². The lowest BCUT2D eigenvalue weighted by atomic mass is 10.3. The van der Waals surface area contributed by atoms with Crippen molar-refractivity contribution < 1.29 is 9.53 Å². The fourth-order valence-electron chi connectivity index (χ4n) is 1.41. The van der Waals surface area contributed by atoms with Crippen LogP contribution in [-0.4, -0.2) is 36.5 Å². The Bertz CT molecular complexity index is 193. The molecule has 60 valence electrons. The Kier molecular flexibility index (Phi) is 1.54. The molecular weight excluding hydrogens is 144 g/mol. The molecule has 1 saturated heterocycles. The van der Waals surface area contributed by atoms with Gasteiger partial charge in [0.05, 0.1) is 12.3 Å². The average molecular weight is 154 g/mol. The molecule has 2 heterocycles. The molecule has 0 bridgehead atoms. The van der Waals surface area contributed by atoms with Crippen LogP contribution in [0.1, 0.15) is 0 Å². The molecular formula is C7H10N2O2. The minimum atomic E-state index is -0.0358. The SMILES string of the molecule is O=CC1CN2C=COCC2N1. The van der Waals surface area contributed by atoms with Gasteiger partial charge in [0.2, 0.25) is 0 Å². The minimum absolute atomic E-state index is 0.0358. The van der Waals surface area contributed by atoms with Gasteiger partial charge in [-0.15, -0.1) is 0 Å². The molecule has 2 atom stereocenters. The molecule has 0 saturated carbocycles. The second kappa shape index (κ2) is 2.54. The highest BCUT2D eigenvalue weighted by atomic mass is 16.5. The summed E-state index contributed by atoms with van der Waals surface area (Å²) in [6.07, 6.45) is 4.65. The number of hydrogen-bond donors (Lipinski definition) is 1. The molecule has 1 fully saturated rings. The fraction of sp³-hybridized carbons (Fsp3) is 0.571. The van der Waals surface area contributed by atoms with E-state index in [4.69, 9.17) is 4.74 Å². The van der Waals surface area contributed by atoms with E-state index in [-0.39, 0.29) is 12.2 Å². The Balaban J connectivity index is 2.06. The number of carbonyl (C=O) groups excluding carboxylic acids is 1. The maximum Gasteiger partial charge on any atom is 0.138 e. The Labute approximate surface area is 64.8 Å². The van der Waals surface area contributed by atoms with Crippen LogP contribution in [0.5, 0.6) is 0 Å². The van der Waals surface area contributed by atoms with Gasteiger partial charge in [0, 0.05) is 12.7 Å². The Morgan fingerprint density at radius 1 is 1.73 bits per heavy atom. The van der Waals surface area contributed by atoms with Crippen LogP contribution in [0.4, 0.5) is 0 Å². The van der Waals surface area contributed by atoms with Crippen molar-refractivity contribution in [3.8, 4) is 0 Å². The number of fused-ring (bicyclic) bond motifs is 1. The van der Waals surface area contributed by atoms with Gasteiger partial charge < -0.3 is 14.4 Å². The summed E-state index contributed by atoms with van der Waals surface area (Å²) in [4.78, 5) is 12.5. The fourth-order valence-corrected chi connectivity index (χ4v) is 1.41. The summed E-state index contributed by atoms with van der Waals surface area (Å²) >= 11 is 0. The van der Waals surface area contributed by atoms with E-state index < -0.39 is 0 Å². The second-order valence-corrected chi connectivity index (χ2v) is 2.74. The molecule has 0 aromatic heterocycles. The maximum atomic E-state index is 10.4. The number of ether oxygens (including phenoxy) is 1. The zero-order valence-electron chi connectivity index (χ0n) is 6.06. The van der Waals surface area contributed by atoms with Gasteiger partial charge in [-0.1, -0.05) is 0 Å². The van der Waals surface area contributed by atoms with Crippen LogP contribution in [0.3, 0.4) is 0 Å². The largest absolute Gasteiger partial charge is 0.496 e. The highest BCUT2D eigenvalue weighted by Crippen LogP contribution is 2.12. The number of rotatable bonds is 1. The quantitative estimate of drug-likeness (QED) is 0.506. The highest BCUT2D eigenvalue weighted by Gasteiger charge is 2.30. The van der Waals surface area contributed by atoms with Crippen molar-refractivity contribution in [2.75, 3.05) is 13.2 Å². The van der Waals surface area contributed by atoms with Gasteiger partial charge >= 0.3 is 0 Å². The molecule has 4 heteroatoms. The summed E-state index contributed by atoms with van der Waals surface area (Å²) in [5.41, 5.74) is 0. The van der Waals surface area contributed by atoms with Crippen molar-refractivity contribution in [3.05, 3.63) is 12.5 Å². The van der Waals surface area contributed by atoms with Crippen LogP contribution in [0, 0.1) is 0 Å². The molecule has 2 rings (SSSR count). The third-order valence-corrected chi connectivity index (χ3v) is 1.98. The van der Waals surface area contributed by atoms with E-state index in [0.29, 0.717) is 6.61 Å². The van der Waals surface area contributed by atoms with E-state index in [2.05, 4.69) is 10.2 Å². The topological polar surface area (TPSA) is 41.6 Å². The number of nitrogens with one attached hydrogen (secondary N) is 1. The zero-order chi connectivity index (χ0) is 7.68. The summed E-state index contributed by atoms with van der Waals surface area (Å²) in [6, 6.07) is -0.0358. The number of aldehydes is 1. The Hall–Kier alpha value is -1.03. The van der Waals surface area contributed by atoms with Crippen molar-refractivity contribution in [1.82, 2.24) is 10.2 Å². The molecule has 0 aromatic carbocycles. The number of hydrogen-bond acceptors (Lipinski definition) is 4. The van der Waals surface area contributed by atoms with E-state index in [1.165, 1.54) is 0 Å². The summed E-state index contributed by atoms with van der Waals surface area (Å²) < 4.78 is 5.08. The lowest BCUT2D eigenvalue weighted by Crippen LogP contribution is -2.39. The van der Waals surface area contributed by atoms with E-state index in [9.17, 15) is 4.79 Å². The van der Waals surface area contributed by atoms with Crippen LogP contribution >= 0.6 is 0 Å². The molecule has 2 aliphatic heterocycles. The molecule has 0 amide bonds. The van der Waals surface area contributed by atoms with E-state index >= 15 is 0 Å². The minimum Gasteiger partial charge on any atom is -0.496 e. The normalized spacial score (nSPS) is 34.7. The van der Waals surface area contributed by atoms with Crippen LogP contribution in [0.15, 0.2) is 12.5 Å². The standard InChI is InChI=1S/C7H10N2O2/c10-4-6-3-9-1-2-11-5-7(9)8-6/h1-2,4,6-8H,3,5H2. The van der Waals surface area contributed by atoms with Crippen molar-refractivity contribution in [3.63, 3.8) is 0 Å². The van der Waals surface area contributed by atoms with Crippen molar-refractivity contribution >= 4 is 6.29 Å². The predicted molar refractivity (Wildman–Crippen MR) is 38.6 cm³/mol. The third-order valence-electron chi connectivity index (χ3n) is 1.98. The summed E-state index contributed by atoms with van der Waals surface area (Å²) in [5.74, 6) is 0. The predicted octanol–water partition coefficient (Wildman–Crippen LogP) is -0.713. The Morgan fingerprint density at radius 2 is 2.64 bits per heavy atom. The number of carbonyl (C=O) groups is 1. The zero-order valence-corrected chi connectivity index (χ0v) is 6.06. The summed E-state index contributed by atoms with van der Waals surface area (Å²) in [6.45, 7) is 1.38. The Morgan fingerprint density at radius 3 is 3.36 bits per heavy atom. The average Bonchev–Trinajstić information content (AvgIpc) is 2.46. The monoisotopic (exact) mass is 154 g/mol. The summed E-state index contributed by atoms with van der Waals surface area (Å²) in [5, 5.41) is 3.12. The molecule has 0 aliphatic carbocycles. The lowest BCUT2D eigenvalue weighted by Gasteiger charge is -2.24. The smallest absolute Gasteiger partial charge is 0.138 e. The van der Waals surface area contributed by atoms with E-state index in [0.717, 1.165) is 12.8 Å². The first kappa shape index (κ1) is 6.67. The highest BCUT2D eigenvalue weighted by molar-refractivity contribution is 5.58. The lowest BCUT2D eigenvalue weighted by molar-refractivity contribution is -0.109. The van der Waals surface area contributed by atoms with Gasteiger partial charge in [-0.2, -0.15) is 0 Å². The molecule has 4 nitrogen and oxygen atoms in total. The van der Waals surface area contributed by atoms with Crippen LogP contribution < -0.4 is 5.32 Å². The van der Waals surface area contributed by atoms with E-state index in [1.54, 1.807) is 6.26 Å². The summed E-state index contributed by atoms with van der Waals surface area (Å²) in [7, 11) is 0. The van der Waals surface area contributed by atoms with Crippen LogP contribution in [0.25, 0.3) is 0 Å². The van der Waals surface area contributed by atoms with Gasteiger partial charge in [-0.3, -0.25) is 5.32 Å². The molecule has 0 radical (unpaired) electrons. The van der Waals surface area contributed by atoms with Gasteiger partial charge in [0.1, 0.15) is 19.1 Å². The second-order valence-electron chi connectivity index (χ2n) is 2.74. The molecule has 11 heavy (non-hydrogen) atoms. The first-order valence-corrected chi connectivity index (χ1v) is 3.65. The molecule has 0 aromatic rings. The van der Waals surface area contributed by atoms with Crippen LogP contribution in [0.2, 0.25) is 0 Å². The van der Waals surface area contributed by atoms with Crippen molar-refractivity contribution in [2.45, 2.75) is 12.2 Å². The molecule has 2 aliphatic rings. The third kappa shape index (κ3) is 1.09.